The maximum Gasteiger partial charge on any atom is -1.00 e. The zero-order valence-corrected chi connectivity index (χ0v) is 22.8. The summed E-state index contributed by atoms with van der Waals surface area (Å²) in [5, 5.41) is 0. The second-order valence-corrected chi connectivity index (χ2v) is 10.1. The van der Waals surface area contributed by atoms with Crippen LogP contribution in [0.5, 0.6) is 0 Å². The predicted molar refractivity (Wildman–Crippen MR) is 121 cm³/mol. The molecular weight excluding hydrogens is 498 g/mol. The normalized spacial score (nSPS) is 21.8. The van der Waals surface area contributed by atoms with Crippen molar-refractivity contribution in [3.8, 4) is 0 Å². The molecule has 3 aliphatic carbocycles. The van der Waals surface area contributed by atoms with Crippen molar-refractivity contribution in [2.75, 3.05) is 0 Å². The molecule has 0 nitrogen and oxygen atoms in total. The molecule has 0 bridgehead atoms. The number of rotatable bonds is 1. The van der Waals surface area contributed by atoms with Gasteiger partial charge in [0, 0.05) is 11.8 Å². The van der Waals surface area contributed by atoms with Crippen LogP contribution in [0.15, 0.2) is 80.7 Å². The van der Waals surface area contributed by atoms with E-state index in [9.17, 15) is 0 Å². The van der Waals surface area contributed by atoms with Crippen LogP contribution in [0.2, 0.25) is 0 Å². The quantitative estimate of drug-likeness (QED) is 0.531. The van der Waals surface area contributed by atoms with E-state index in [0.717, 1.165) is 0 Å². The van der Waals surface area contributed by atoms with Crippen LogP contribution < -0.4 is 24.8 Å². The van der Waals surface area contributed by atoms with Gasteiger partial charge in [0.2, 0.25) is 0 Å². The molecule has 0 saturated heterocycles. The Bertz CT molecular complexity index is 1000. The van der Waals surface area contributed by atoms with Gasteiger partial charge in [-0.05, 0) is 22.3 Å². The Labute approximate surface area is 215 Å². The maximum absolute atomic E-state index is 2.35. The molecule has 0 radical (unpaired) electrons. The zero-order valence-electron chi connectivity index (χ0n) is 18.8. The summed E-state index contributed by atoms with van der Waals surface area (Å²) in [6.07, 6.45) is 9.22. The Balaban J connectivity index is 0.000000231. The number of fused-ring (bicyclic) bond motifs is 2. The summed E-state index contributed by atoms with van der Waals surface area (Å²) in [6.45, 7) is 11.4. The minimum absolute atomic E-state index is 0. The molecule has 0 spiro atoms. The van der Waals surface area contributed by atoms with Gasteiger partial charge in [0.05, 0.1) is 0 Å². The van der Waals surface area contributed by atoms with Crippen LogP contribution in [-0.4, -0.2) is 0 Å². The van der Waals surface area contributed by atoms with Gasteiger partial charge in [0.1, 0.15) is 0 Å². The number of hydrogen-bond donors (Lipinski definition) is 0. The third-order valence-electron chi connectivity index (χ3n) is 7.13. The third-order valence-corrected chi connectivity index (χ3v) is 9.58. The first-order valence-electron chi connectivity index (χ1n) is 10.5. The molecule has 2 aromatic rings. The van der Waals surface area contributed by atoms with Crippen LogP contribution in [0.4, 0.5) is 0 Å². The molecule has 3 heteroatoms. The van der Waals surface area contributed by atoms with Crippen molar-refractivity contribution >= 4 is 12.2 Å². The van der Waals surface area contributed by atoms with Gasteiger partial charge in [-0.15, -0.1) is 0 Å². The molecule has 3 aliphatic rings. The van der Waals surface area contributed by atoms with E-state index in [1.54, 1.807) is 33.6 Å². The number of benzene rings is 2. The second kappa shape index (κ2) is 10.2. The molecule has 2 unspecified atom stereocenters. The Morgan fingerprint density at radius 1 is 0.677 bits per heavy atom. The van der Waals surface area contributed by atoms with Gasteiger partial charge in [-0.25, -0.2) is 0 Å². The Morgan fingerprint density at radius 3 is 1.42 bits per heavy atom. The minimum atomic E-state index is 0. The smallest absolute Gasteiger partial charge is 1.00 e. The molecule has 0 heterocycles. The van der Waals surface area contributed by atoms with E-state index in [1.807, 2.05) is 0 Å². The fourth-order valence-electron chi connectivity index (χ4n) is 4.77. The first-order valence-corrected chi connectivity index (χ1v) is 11.7. The topological polar surface area (TPSA) is 0 Å². The number of hydrogen-bond acceptors (Lipinski definition) is 0. The van der Waals surface area contributed by atoms with Crippen molar-refractivity contribution in [3.05, 3.63) is 103 Å². The minimum Gasteiger partial charge on any atom is -1.00 e. The molecule has 0 aromatic heterocycles. The molecule has 0 aliphatic heterocycles. The molecule has 159 valence electrons. The largest absolute Gasteiger partial charge is 1.00 e. The first kappa shape index (κ1) is 26.1. The first-order chi connectivity index (χ1) is 13.8. The summed E-state index contributed by atoms with van der Waals surface area (Å²) in [6, 6.07) is 17.4. The molecule has 0 amide bonds. The SMILES string of the molecule is C1=CC(C2C=Cc3ccccc32)c2ccccc21.CC1=C(C)C(C)(C)[C]([Zr+2])=C1C.[Cl-].[Cl-]. The average Bonchev–Trinajstić information content (AvgIpc) is 3.38. The Morgan fingerprint density at radius 2 is 1.10 bits per heavy atom. The molecule has 0 saturated carbocycles. The Hall–Kier alpha value is -1.14. The van der Waals surface area contributed by atoms with Crippen molar-refractivity contribution in [1.29, 1.82) is 0 Å². The summed E-state index contributed by atoms with van der Waals surface area (Å²) in [5.74, 6) is 1.00. The van der Waals surface area contributed by atoms with Crippen molar-refractivity contribution in [3.63, 3.8) is 0 Å². The molecule has 0 N–H and O–H groups in total. The zero-order chi connectivity index (χ0) is 20.8. The van der Waals surface area contributed by atoms with E-state index < -0.39 is 0 Å². The average molecular weight is 528 g/mol. The van der Waals surface area contributed by atoms with Crippen molar-refractivity contribution in [2.45, 2.75) is 46.5 Å². The van der Waals surface area contributed by atoms with Crippen molar-refractivity contribution < 1.29 is 49.5 Å². The molecule has 2 atom stereocenters. The Kier molecular flexibility index (Phi) is 8.60. The van der Waals surface area contributed by atoms with Gasteiger partial charge in [-0.3, -0.25) is 0 Å². The summed E-state index contributed by atoms with van der Waals surface area (Å²) < 4.78 is 1.62. The fraction of sp³-hybridized carbons (Fsp3) is 0.286. The van der Waals surface area contributed by atoms with Crippen molar-refractivity contribution in [1.82, 2.24) is 0 Å². The van der Waals surface area contributed by atoms with Crippen LogP contribution in [0.1, 0.15) is 68.7 Å². The van der Waals surface area contributed by atoms with E-state index in [4.69, 9.17) is 0 Å². The van der Waals surface area contributed by atoms with Gasteiger partial charge >= 0.3 is 84.8 Å². The van der Waals surface area contributed by atoms with Gasteiger partial charge in [0.15, 0.2) is 0 Å². The molecule has 31 heavy (non-hydrogen) atoms. The van der Waals surface area contributed by atoms with Gasteiger partial charge in [0.25, 0.3) is 0 Å². The van der Waals surface area contributed by atoms with Gasteiger partial charge < -0.3 is 24.8 Å². The fourth-order valence-corrected chi connectivity index (χ4v) is 5.70. The molecule has 5 rings (SSSR count). The maximum atomic E-state index is 2.35. The van der Waals surface area contributed by atoms with Crippen LogP contribution in [0.3, 0.4) is 0 Å². The summed E-state index contributed by atoms with van der Waals surface area (Å²) >= 11 is 1.57. The summed E-state index contributed by atoms with van der Waals surface area (Å²) in [4.78, 5) is 0. The van der Waals surface area contributed by atoms with Gasteiger partial charge in [-0.1, -0.05) is 72.8 Å². The number of allylic oxidation sites excluding steroid dienone is 6. The van der Waals surface area contributed by atoms with E-state index in [0.29, 0.717) is 17.3 Å². The standard InChI is InChI=1S/C18H14.C10H15.2ClH.Zr/c1-3-7-15-13(5-1)9-11-17(15)18-12-10-14-6-2-4-8-16(14)18;1-7-6-10(4,5)9(3)8(7)2;;;/h1-12,17-18H;1-5H3;2*1H;/q;;;;+2/p-2. The van der Waals surface area contributed by atoms with Crippen LogP contribution in [0.25, 0.3) is 12.2 Å². The van der Waals surface area contributed by atoms with Crippen LogP contribution in [0, 0.1) is 5.41 Å². The summed E-state index contributed by atoms with van der Waals surface area (Å²) in [5.41, 5.74) is 10.6. The van der Waals surface area contributed by atoms with E-state index in [1.165, 1.54) is 33.4 Å². The molecule has 0 fully saturated rings. The predicted octanol–water partition coefficient (Wildman–Crippen LogP) is 1.80. The van der Waals surface area contributed by atoms with E-state index >= 15 is 0 Å². The molecular formula is C28H29Cl2Zr. The van der Waals surface area contributed by atoms with E-state index in [2.05, 4.69) is 107 Å². The number of halogens is 2. The summed E-state index contributed by atoms with van der Waals surface area (Å²) in [7, 11) is 0. The molecule has 2 aromatic carbocycles. The monoisotopic (exact) mass is 525 g/mol. The third kappa shape index (κ3) is 4.66. The van der Waals surface area contributed by atoms with E-state index in [-0.39, 0.29) is 24.8 Å². The van der Waals surface area contributed by atoms with Crippen LogP contribution in [-0.2, 0) is 24.7 Å². The van der Waals surface area contributed by atoms with Gasteiger partial charge in [-0.2, -0.15) is 0 Å². The van der Waals surface area contributed by atoms with Crippen LogP contribution >= 0.6 is 0 Å². The second-order valence-electron chi connectivity index (χ2n) is 8.90. The van der Waals surface area contributed by atoms with Crippen molar-refractivity contribution in [2.24, 2.45) is 5.41 Å².